The summed E-state index contributed by atoms with van der Waals surface area (Å²) in [5.41, 5.74) is 2.66. The zero-order chi connectivity index (χ0) is 24.2. The number of halogens is 1. The summed E-state index contributed by atoms with van der Waals surface area (Å²) in [4.78, 5) is 31.3. The maximum Gasteiger partial charge on any atom is 0.254 e. The van der Waals surface area contributed by atoms with Crippen molar-refractivity contribution in [2.24, 2.45) is 0 Å². The molecular weight excluding hydrogens is 451 g/mol. The highest BCUT2D eigenvalue weighted by atomic mass is 32.1. The highest BCUT2D eigenvalue weighted by Crippen LogP contribution is 2.34. The van der Waals surface area contributed by atoms with Gasteiger partial charge in [0.1, 0.15) is 13.2 Å². The fraction of sp³-hybridized carbons (Fsp3) is 0.333. The van der Waals surface area contributed by atoms with E-state index in [2.05, 4.69) is 0 Å². The van der Waals surface area contributed by atoms with E-state index < -0.39 is 5.82 Å². The van der Waals surface area contributed by atoms with Crippen LogP contribution in [0.1, 0.15) is 46.3 Å². The average Bonchev–Trinajstić information content (AvgIpc) is 3.31. The minimum atomic E-state index is -0.434. The van der Waals surface area contributed by atoms with Gasteiger partial charge in [-0.25, -0.2) is 4.39 Å². The largest absolute Gasteiger partial charge is 0.488 e. The van der Waals surface area contributed by atoms with E-state index in [9.17, 15) is 14.0 Å². The van der Waals surface area contributed by atoms with Crippen molar-refractivity contribution in [1.82, 2.24) is 9.80 Å². The van der Waals surface area contributed by atoms with Crippen LogP contribution >= 0.6 is 11.3 Å². The van der Waals surface area contributed by atoms with Crippen LogP contribution in [0.25, 0.3) is 0 Å². The first-order valence-corrected chi connectivity index (χ1v) is 12.3. The molecule has 0 saturated heterocycles. The lowest BCUT2D eigenvalue weighted by Crippen LogP contribution is -2.49. The van der Waals surface area contributed by atoms with Gasteiger partial charge in [0.15, 0.2) is 11.6 Å². The van der Waals surface area contributed by atoms with Gasteiger partial charge in [0.05, 0.1) is 6.04 Å². The monoisotopic (exact) mass is 480 g/mol. The number of aryl methyl sites for hydroxylation is 1. The van der Waals surface area contributed by atoms with Gasteiger partial charge in [0.2, 0.25) is 5.91 Å². The van der Waals surface area contributed by atoms with Crippen LogP contribution in [0.15, 0.2) is 60.0 Å². The summed E-state index contributed by atoms with van der Waals surface area (Å²) >= 11 is 1.66. The third-order valence-corrected chi connectivity index (χ3v) is 7.13. The van der Waals surface area contributed by atoms with E-state index in [4.69, 9.17) is 4.74 Å². The standard InChI is InChI=1S/C27H29FN2O3S/c1-18(2)30(27(32)20-10-8-19(3)9-11-20)16-26(31)29-14-12-25-21(13-15-34-25)23(29)17-33-24-7-5-4-6-22(24)28/h4-11,13,15,18,23H,12,14,16-17H2,1-3H3/t23-/m1/s1. The number of para-hydroxylation sites is 1. The summed E-state index contributed by atoms with van der Waals surface area (Å²) < 4.78 is 19.9. The number of fused-ring (bicyclic) bond motifs is 1. The lowest BCUT2D eigenvalue weighted by molar-refractivity contribution is -0.136. The van der Waals surface area contributed by atoms with Crippen molar-refractivity contribution in [1.29, 1.82) is 0 Å². The molecule has 1 aliphatic heterocycles. The second kappa shape index (κ2) is 10.4. The molecule has 2 amide bonds. The minimum Gasteiger partial charge on any atom is -0.488 e. The Labute approximate surface area is 203 Å². The van der Waals surface area contributed by atoms with E-state index in [0.717, 1.165) is 17.5 Å². The molecule has 0 aliphatic carbocycles. The quantitative estimate of drug-likeness (QED) is 0.464. The molecule has 1 atom stereocenters. The second-order valence-electron chi connectivity index (χ2n) is 8.79. The number of nitrogens with zero attached hydrogens (tertiary/aromatic N) is 2. The Hall–Kier alpha value is -3.19. The number of amides is 2. The molecule has 0 N–H and O–H groups in total. The van der Waals surface area contributed by atoms with Crippen LogP contribution in [0.5, 0.6) is 5.75 Å². The SMILES string of the molecule is Cc1ccc(C(=O)N(CC(=O)N2CCc3sccc3[C@H]2COc2ccccc2F)C(C)C)cc1. The molecule has 0 unspecified atom stereocenters. The Balaban J connectivity index is 1.54. The fourth-order valence-corrected chi connectivity index (χ4v) is 5.12. The van der Waals surface area contributed by atoms with Crippen molar-refractivity contribution in [3.05, 3.63) is 87.4 Å². The van der Waals surface area contributed by atoms with Crippen molar-refractivity contribution in [2.75, 3.05) is 19.7 Å². The van der Waals surface area contributed by atoms with Crippen molar-refractivity contribution >= 4 is 23.2 Å². The topological polar surface area (TPSA) is 49.9 Å². The molecule has 0 fully saturated rings. The first-order chi connectivity index (χ1) is 16.3. The van der Waals surface area contributed by atoms with Crippen LogP contribution in [-0.2, 0) is 11.2 Å². The number of benzene rings is 2. The summed E-state index contributed by atoms with van der Waals surface area (Å²) in [5, 5.41) is 2.01. The highest BCUT2D eigenvalue weighted by molar-refractivity contribution is 7.10. The van der Waals surface area contributed by atoms with E-state index in [1.165, 1.54) is 10.9 Å². The predicted molar refractivity (Wildman–Crippen MR) is 132 cm³/mol. The molecule has 34 heavy (non-hydrogen) atoms. The van der Waals surface area contributed by atoms with E-state index in [1.54, 1.807) is 51.5 Å². The lowest BCUT2D eigenvalue weighted by Gasteiger charge is -2.37. The number of carbonyl (C=O) groups excluding carboxylic acids is 2. The molecule has 0 bridgehead atoms. The normalized spacial score (nSPS) is 15.2. The fourth-order valence-electron chi connectivity index (χ4n) is 4.19. The molecule has 1 aliphatic rings. The number of ether oxygens (including phenoxy) is 1. The molecule has 4 rings (SSSR count). The van der Waals surface area contributed by atoms with Crippen molar-refractivity contribution < 1.29 is 18.7 Å². The molecule has 1 aromatic heterocycles. The van der Waals surface area contributed by atoms with Crippen LogP contribution in [0, 0.1) is 12.7 Å². The molecule has 0 saturated carbocycles. The van der Waals surface area contributed by atoms with Gasteiger partial charge in [0, 0.05) is 23.0 Å². The molecular formula is C27H29FN2O3S. The van der Waals surface area contributed by atoms with Gasteiger partial charge in [-0.15, -0.1) is 11.3 Å². The molecule has 2 aromatic carbocycles. The summed E-state index contributed by atoms with van der Waals surface area (Å²) in [6.45, 7) is 6.43. The molecule has 0 spiro atoms. The summed E-state index contributed by atoms with van der Waals surface area (Å²) in [5.74, 6) is -0.587. The Kier molecular flexibility index (Phi) is 7.32. The first kappa shape index (κ1) is 24.0. The number of hydrogen-bond acceptors (Lipinski definition) is 4. The highest BCUT2D eigenvalue weighted by Gasteiger charge is 2.34. The van der Waals surface area contributed by atoms with Crippen LogP contribution in [0.4, 0.5) is 4.39 Å². The van der Waals surface area contributed by atoms with E-state index in [-0.39, 0.29) is 42.8 Å². The molecule has 7 heteroatoms. The maximum atomic E-state index is 14.1. The van der Waals surface area contributed by atoms with Crippen molar-refractivity contribution in [2.45, 2.75) is 39.3 Å². The first-order valence-electron chi connectivity index (χ1n) is 11.5. The Morgan fingerprint density at radius 3 is 2.59 bits per heavy atom. The van der Waals surface area contributed by atoms with Gasteiger partial charge in [0.25, 0.3) is 5.91 Å². The summed E-state index contributed by atoms with van der Waals surface area (Å²) in [7, 11) is 0. The third kappa shape index (κ3) is 5.14. The number of thiophene rings is 1. The number of carbonyl (C=O) groups is 2. The van der Waals surface area contributed by atoms with Gasteiger partial charge in [-0.3, -0.25) is 9.59 Å². The van der Waals surface area contributed by atoms with Gasteiger partial charge < -0.3 is 14.5 Å². The van der Waals surface area contributed by atoms with Crippen LogP contribution in [-0.4, -0.2) is 47.4 Å². The number of hydrogen-bond donors (Lipinski definition) is 0. The zero-order valence-electron chi connectivity index (χ0n) is 19.7. The van der Waals surface area contributed by atoms with E-state index in [1.807, 2.05) is 44.4 Å². The minimum absolute atomic E-state index is 0.0277. The third-order valence-electron chi connectivity index (χ3n) is 6.14. The van der Waals surface area contributed by atoms with Gasteiger partial charge in [-0.05, 0) is 68.5 Å². The number of rotatable bonds is 7. The van der Waals surface area contributed by atoms with Gasteiger partial charge >= 0.3 is 0 Å². The molecule has 0 radical (unpaired) electrons. The molecule has 5 nitrogen and oxygen atoms in total. The molecule has 178 valence electrons. The zero-order valence-corrected chi connectivity index (χ0v) is 20.5. The lowest BCUT2D eigenvalue weighted by atomic mass is 10.00. The van der Waals surface area contributed by atoms with E-state index in [0.29, 0.717) is 12.1 Å². The average molecular weight is 481 g/mol. The van der Waals surface area contributed by atoms with Crippen molar-refractivity contribution in [3.63, 3.8) is 0 Å². The second-order valence-corrected chi connectivity index (χ2v) is 9.79. The maximum absolute atomic E-state index is 14.1. The summed E-state index contributed by atoms with van der Waals surface area (Å²) in [6.07, 6.45) is 0.753. The Morgan fingerprint density at radius 1 is 1.15 bits per heavy atom. The summed E-state index contributed by atoms with van der Waals surface area (Å²) in [6, 6.07) is 15.2. The van der Waals surface area contributed by atoms with E-state index >= 15 is 0 Å². The van der Waals surface area contributed by atoms with Gasteiger partial charge in [-0.2, -0.15) is 0 Å². The Morgan fingerprint density at radius 2 is 1.88 bits per heavy atom. The molecule has 2 heterocycles. The predicted octanol–water partition coefficient (Wildman–Crippen LogP) is 5.25. The van der Waals surface area contributed by atoms with Crippen LogP contribution in [0.3, 0.4) is 0 Å². The van der Waals surface area contributed by atoms with Crippen LogP contribution < -0.4 is 4.74 Å². The van der Waals surface area contributed by atoms with Crippen molar-refractivity contribution in [3.8, 4) is 5.75 Å². The molecule has 3 aromatic rings. The van der Waals surface area contributed by atoms with Gasteiger partial charge in [-0.1, -0.05) is 29.8 Å². The van der Waals surface area contributed by atoms with Crippen LogP contribution in [0.2, 0.25) is 0 Å². The Bertz CT molecular complexity index is 1160. The smallest absolute Gasteiger partial charge is 0.254 e.